The van der Waals surface area contributed by atoms with Crippen LogP contribution < -0.4 is 10.6 Å². The fraction of sp³-hybridized carbons (Fsp3) is 0.765. The first-order valence-corrected chi connectivity index (χ1v) is 8.35. The van der Waals surface area contributed by atoms with Gasteiger partial charge in [0.1, 0.15) is 5.60 Å². The molecule has 0 saturated heterocycles. The van der Waals surface area contributed by atoms with Crippen molar-refractivity contribution in [1.82, 2.24) is 20.4 Å². The molecule has 130 valence electrons. The number of nitrogens with zero attached hydrogens (tertiary/aromatic N) is 2. The van der Waals surface area contributed by atoms with Crippen molar-refractivity contribution in [2.24, 2.45) is 7.05 Å². The Balaban J connectivity index is 1.91. The number of ether oxygens (including phenoxy) is 1. The van der Waals surface area contributed by atoms with Crippen molar-refractivity contribution in [3.05, 3.63) is 17.5 Å². The van der Waals surface area contributed by atoms with Gasteiger partial charge in [-0.25, -0.2) is 4.79 Å². The van der Waals surface area contributed by atoms with E-state index in [1.807, 2.05) is 45.6 Å². The van der Waals surface area contributed by atoms with Gasteiger partial charge in [-0.3, -0.25) is 4.68 Å². The van der Waals surface area contributed by atoms with E-state index < -0.39 is 5.60 Å². The summed E-state index contributed by atoms with van der Waals surface area (Å²) >= 11 is 0. The second kappa shape index (κ2) is 6.51. The summed E-state index contributed by atoms with van der Waals surface area (Å²) in [6, 6.07) is 0.196. The molecule has 1 aliphatic rings. The summed E-state index contributed by atoms with van der Waals surface area (Å²) < 4.78 is 7.23. The van der Waals surface area contributed by atoms with E-state index in [0.29, 0.717) is 0 Å². The molecule has 6 nitrogen and oxygen atoms in total. The fourth-order valence-electron chi connectivity index (χ4n) is 2.97. The predicted octanol–water partition coefficient (Wildman–Crippen LogP) is 2.83. The third-order valence-electron chi connectivity index (χ3n) is 4.34. The third-order valence-corrected chi connectivity index (χ3v) is 4.34. The molecule has 1 amide bonds. The molecule has 1 fully saturated rings. The Labute approximate surface area is 139 Å². The number of aryl methyl sites for hydroxylation is 2. The fourth-order valence-corrected chi connectivity index (χ4v) is 2.97. The van der Waals surface area contributed by atoms with Gasteiger partial charge in [-0.1, -0.05) is 0 Å². The van der Waals surface area contributed by atoms with E-state index in [0.717, 1.165) is 31.5 Å². The molecule has 1 aliphatic carbocycles. The van der Waals surface area contributed by atoms with Gasteiger partial charge in [0, 0.05) is 31.4 Å². The van der Waals surface area contributed by atoms with Gasteiger partial charge in [-0.15, -0.1) is 0 Å². The summed E-state index contributed by atoms with van der Waals surface area (Å²) in [7, 11) is 1.93. The molecule has 2 N–H and O–H groups in total. The minimum Gasteiger partial charge on any atom is -0.444 e. The first-order chi connectivity index (χ1) is 10.6. The maximum Gasteiger partial charge on any atom is 0.408 e. The van der Waals surface area contributed by atoms with Crippen LogP contribution in [0.2, 0.25) is 0 Å². The average Bonchev–Trinajstić information content (AvgIpc) is 2.69. The van der Waals surface area contributed by atoms with Crippen molar-refractivity contribution in [3.8, 4) is 0 Å². The first-order valence-electron chi connectivity index (χ1n) is 8.35. The zero-order valence-corrected chi connectivity index (χ0v) is 15.2. The molecule has 2 rings (SSSR count). The van der Waals surface area contributed by atoms with E-state index in [-0.39, 0.29) is 17.7 Å². The SMILES string of the molecule is Cc1nn(C)cc1C(C)NCC1(NC(=O)OC(C)(C)C)CCC1. The van der Waals surface area contributed by atoms with Crippen molar-refractivity contribution in [1.29, 1.82) is 0 Å². The topological polar surface area (TPSA) is 68.2 Å². The van der Waals surface area contributed by atoms with Crippen LogP contribution in [0, 0.1) is 6.92 Å². The number of rotatable bonds is 5. The van der Waals surface area contributed by atoms with Gasteiger partial charge in [0.2, 0.25) is 0 Å². The van der Waals surface area contributed by atoms with Crippen molar-refractivity contribution < 1.29 is 9.53 Å². The van der Waals surface area contributed by atoms with Gasteiger partial charge in [0.05, 0.1) is 11.2 Å². The van der Waals surface area contributed by atoms with Crippen molar-refractivity contribution >= 4 is 6.09 Å². The minimum atomic E-state index is -0.470. The van der Waals surface area contributed by atoms with E-state index in [2.05, 4.69) is 22.7 Å². The van der Waals surface area contributed by atoms with Crippen molar-refractivity contribution in [3.63, 3.8) is 0 Å². The molecule has 1 aromatic heterocycles. The van der Waals surface area contributed by atoms with E-state index >= 15 is 0 Å². The molecular formula is C17H30N4O2. The highest BCUT2D eigenvalue weighted by atomic mass is 16.6. The third kappa shape index (κ3) is 4.70. The summed E-state index contributed by atoms with van der Waals surface area (Å²) in [4.78, 5) is 12.1. The molecule has 0 bridgehead atoms. The Hall–Kier alpha value is -1.56. The van der Waals surface area contributed by atoms with Crippen LogP contribution in [0.5, 0.6) is 0 Å². The molecule has 0 aromatic carbocycles. The van der Waals surface area contributed by atoms with Crippen LogP contribution >= 0.6 is 0 Å². The monoisotopic (exact) mass is 322 g/mol. The summed E-state index contributed by atoms with van der Waals surface area (Å²) in [5.41, 5.74) is 1.57. The molecule has 0 spiro atoms. The Morgan fingerprint density at radius 3 is 2.57 bits per heavy atom. The van der Waals surface area contributed by atoms with Crippen LogP contribution in [0.15, 0.2) is 6.20 Å². The molecule has 1 saturated carbocycles. The van der Waals surface area contributed by atoms with Gasteiger partial charge in [0.15, 0.2) is 0 Å². The number of alkyl carbamates (subject to hydrolysis) is 1. The summed E-state index contributed by atoms with van der Waals surface area (Å²) in [5.74, 6) is 0. The summed E-state index contributed by atoms with van der Waals surface area (Å²) in [6.07, 6.45) is 4.82. The molecule has 1 unspecified atom stereocenters. The average molecular weight is 322 g/mol. The van der Waals surface area contributed by atoms with Crippen LogP contribution in [-0.4, -0.2) is 33.6 Å². The second-order valence-electron chi connectivity index (χ2n) is 7.71. The number of amides is 1. The van der Waals surface area contributed by atoms with E-state index in [1.165, 1.54) is 5.56 Å². The lowest BCUT2D eigenvalue weighted by Gasteiger charge is -2.43. The van der Waals surface area contributed by atoms with E-state index in [1.54, 1.807) is 0 Å². The first kappa shape index (κ1) is 17.8. The molecule has 6 heteroatoms. The number of nitrogens with one attached hydrogen (secondary N) is 2. The highest BCUT2D eigenvalue weighted by Gasteiger charge is 2.39. The second-order valence-corrected chi connectivity index (χ2v) is 7.71. The smallest absolute Gasteiger partial charge is 0.408 e. The standard InChI is InChI=1S/C17H30N4O2/c1-12(14-10-21(6)20-13(14)2)18-11-17(8-7-9-17)19-15(22)23-16(3,4)5/h10,12,18H,7-9,11H2,1-6H3,(H,19,22). The zero-order valence-electron chi connectivity index (χ0n) is 15.2. The quantitative estimate of drug-likeness (QED) is 0.875. The normalized spacial score (nSPS) is 18.2. The highest BCUT2D eigenvalue weighted by molar-refractivity contribution is 5.69. The van der Waals surface area contributed by atoms with Crippen LogP contribution in [0.25, 0.3) is 0 Å². The highest BCUT2D eigenvalue weighted by Crippen LogP contribution is 2.32. The van der Waals surface area contributed by atoms with Crippen molar-refractivity contribution in [2.45, 2.75) is 71.1 Å². The lowest BCUT2D eigenvalue weighted by molar-refractivity contribution is 0.0379. The zero-order chi connectivity index (χ0) is 17.3. The summed E-state index contributed by atoms with van der Waals surface area (Å²) in [5, 5.41) is 11.0. The number of hydrogen-bond donors (Lipinski definition) is 2. The number of hydrogen-bond acceptors (Lipinski definition) is 4. The van der Waals surface area contributed by atoms with Gasteiger partial charge >= 0.3 is 6.09 Å². The Kier molecular flexibility index (Phi) is 5.04. The lowest BCUT2D eigenvalue weighted by Crippen LogP contribution is -2.60. The Morgan fingerprint density at radius 2 is 2.13 bits per heavy atom. The molecule has 23 heavy (non-hydrogen) atoms. The van der Waals surface area contributed by atoms with Gasteiger partial charge < -0.3 is 15.4 Å². The molecule has 0 radical (unpaired) electrons. The number of aromatic nitrogens is 2. The van der Waals surface area contributed by atoms with Gasteiger partial charge in [-0.2, -0.15) is 5.10 Å². The largest absolute Gasteiger partial charge is 0.444 e. The van der Waals surface area contributed by atoms with E-state index in [9.17, 15) is 4.79 Å². The maximum absolute atomic E-state index is 12.1. The van der Waals surface area contributed by atoms with Crippen LogP contribution in [0.4, 0.5) is 4.79 Å². The molecule has 0 aliphatic heterocycles. The number of carbonyl (C=O) groups excluding carboxylic acids is 1. The lowest BCUT2D eigenvalue weighted by atomic mass is 9.76. The maximum atomic E-state index is 12.1. The molecule has 1 atom stereocenters. The minimum absolute atomic E-state index is 0.188. The molecule has 1 aromatic rings. The predicted molar refractivity (Wildman–Crippen MR) is 90.3 cm³/mol. The summed E-state index contributed by atoms with van der Waals surface area (Å²) in [6.45, 7) is 10.5. The van der Waals surface area contributed by atoms with Gasteiger partial charge in [-0.05, 0) is 53.9 Å². The Morgan fingerprint density at radius 1 is 1.48 bits per heavy atom. The van der Waals surface area contributed by atoms with Crippen LogP contribution in [-0.2, 0) is 11.8 Å². The number of carbonyl (C=O) groups is 1. The molecular weight excluding hydrogens is 292 g/mol. The Bertz CT molecular complexity index is 555. The molecule has 1 heterocycles. The van der Waals surface area contributed by atoms with E-state index in [4.69, 9.17) is 4.74 Å². The van der Waals surface area contributed by atoms with Crippen LogP contribution in [0.3, 0.4) is 0 Å². The van der Waals surface area contributed by atoms with Crippen LogP contribution in [0.1, 0.15) is 64.3 Å². The van der Waals surface area contributed by atoms with Crippen molar-refractivity contribution in [2.75, 3.05) is 6.54 Å². The van der Waals surface area contributed by atoms with Gasteiger partial charge in [0.25, 0.3) is 0 Å².